The van der Waals surface area contributed by atoms with Crippen LogP contribution in [0.15, 0.2) is 67.0 Å². The maximum absolute atomic E-state index is 11.6. The van der Waals surface area contributed by atoms with E-state index in [1.165, 1.54) is 0 Å². The number of rotatable bonds is 3. The third kappa shape index (κ3) is 3.05. The Balaban J connectivity index is 1.58. The lowest BCUT2D eigenvalue weighted by molar-refractivity contribution is -0.116. The van der Waals surface area contributed by atoms with E-state index in [2.05, 4.69) is 20.3 Å². The van der Waals surface area contributed by atoms with Crippen LogP contribution >= 0.6 is 0 Å². The molecule has 2 aromatic carbocycles. The molecule has 0 atom stereocenters. The quantitative estimate of drug-likeness (QED) is 0.581. The number of ether oxygens (including phenoxy) is 1. The van der Waals surface area contributed by atoms with Gasteiger partial charge in [-0.3, -0.25) is 9.78 Å². The number of nitrogens with one attached hydrogen (secondary N) is 1. The van der Waals surface area contributed by atoms with Gasteiger partial charge < -0.3 is 10.1 Å². The molecule has 0 bridgehead atoms. The standard InChI is InChI=1S/C22H16N4O2/c27-20-10-7-14-12-16(8-9-18(14)24-20)28-22-17-5-1-2-6-19(17)25-21(26-22)15-4-3-11-23-13-15/h1-6,8-9,11-13H,7,10H2,(H,24,27). The van der Waals surface area contributed by atoms with Crippen molar-refractivity contribution in [1.29, 1.82) is 0 Å². The molecule has 0 fully saturated rings. The van der Waals surface area contributed by atoms with Crippen LogP contribution in [0.5, 0.6) is 11.6 Å². The van der Waals surface area contributed by atoms with E-state index in [0.717, 1.165) is 27.7 Å². The molecule has 0 spiro atoms. The number of benzene rings is 2. The number of aromatic nitrogens is 3. The topological polar surface area (TPSA) is 77.0 Å². The second-order valence-electron chi connectivity index (χ2n) is 6.58. The largest absolute Gasteiger partial charge is 0.438 e. The van der Waals surface area contributed by atoms with Gasteiger partial charge in [-0.1, -0.05) is 12.1 Å². The van der Waals surface area contributed by atoms with Gasteiger partial charge in [0.2, 0.25) is 11.8 Å². The van der Waals surface area contributed by atoms with Crippen LogP contribution in [-0.2, 0) is 11.2 Å². The van der Waals surface area contributed by atoms with Gasteiger partial charge in [0.1, 0.15) is 5.75 Å². The van der Waals surface area contributed by atoms with Gasteiger partial charge in [0.25, 0.3) is 0 Å². The molecule has 1 aliphatic heterocycles. The van der Waals surface area contributed by atoms with Crippen LogP contribution in [0.3, 0.4) is 0 Å². The number of carbonyl (C=O) groups excluding carboxylic acids is 1. The Hall–Kier alpha value is -3.80. The maximum Gasteiger partial charge on any atom is 0.230 e. The summed E-state index contributed by atoms with van der Waals surface area (Å²) in [6.45, 7) is 0. The SMILES string of the molecule is O=C1CCc2cc(Oc3nc(-c4cccnc4)nc4ccccc34)ccc2N1. The smallest absolute Gasteiger partial charge is 0.230 e. The number of amides is 1. The second kappa shape index (κ2) is 6.74. The minimum absolute atomic E-state index is 0.0454. The van der Waals surface area contributed by atoms with Crippen molar-refractivity contribution < 1.29 is 9.53 Å². The lowest BCUT2D eigenvalue weighted by Crippen LogP contribution is -2.18. The molecule has 0 aliphatic carbocycles. The Morgan fingerprint density at radius 3 is 2.79 bits per heavy atom. The molecule has 3 heterocycles. The lowest BCUT2D eigenvalue weighted by Gasteiger charge is -2.18. The molecule has 0 unspecified atom stereocenters. The van der Waals surface area contributed by atoms with Crippen LogP contribution in [0.2, 0.25) is 0 Å². The molecule has 1 N–H and O–H groups in total. The van der Waals surface area contributed by atoms with Gasteiger partial charge >= 0.3 is 0 Å². The molecule has 28 heavy (non-hydrogen) atoms. The van der Waals surface area contributed by atoms with Crippen molar-refractivity contribution in [3.05, 3.63) is 72.6 Å². The second-order valence-corrected chi connectivity index (χ2v) is 6.58. The van der Waals surface area contributed by atoms with Gasteiger partial charge in [-0.15, -0.1) is 0 Å². The normalized spacial score (nSPS) is 13.1. The van der Waals surface area contributed by atoms with Gasteiger partial charge in [0, 0.05) is 30.1 Å². The zero-order valence-electron chi connectivity index (χ0n) is 14.9. The maximum atomic E-state index is 11.6. The van der Waals surface area contributed by atoms with Crippen molar-refractivity contribution in [2.24, 2.45) is 0 Å². The number of fused-ring (bicyclic) bond motifs is 2. The highest BCUT2D eigenvalue weighted by atomic mass is 16.5. The highest BCUT2D eigenvalue weighted by molar-refractivity contribution is 5.94. The molecule has 1 amide bonds. The van der Waals surface area contributed by atoms with Crippen molar-refractivity contribution in [3.8, 4) is 23.0 Å². The summed E-state index contributed by atoms with van der Waals surface area (Å²) in [6, 6.07) is 17.2. The fraction of sp³-hybridized carbons (Fsp3) is 0.0909. The Morgan fingerprint density at radius 2 is 1.89 bits per heavy atom. The van der Waals surface area contributed by atoms with Crippen LogP contribution in [0.1, 0.15) is 12.0 Å². The number of aryl methyl sites for hydroxylation is 1. The Kier molecular flexibility index (Phi) is 3.94. The van der Waals surface area contributed by atoms with Crippen LogP contribution in [-0.4, -0.2) is 20.9 Å². The molecule has 2 aromatic heterocycles. The third-order valence-corrected chi connectivity index (χ3v) is 4.67. The van der Waals surface area contributed by atoms with Crippen molar-refractivity contribution in [3.63, 3.8) is 0 Å². The summed E-state index contributed by atoms with van der Waals surface area (Å²) < 4.78 is 6.16. The van der Waals surface area contributed by atoms with Gasteiger partial charge in [-0.25, -0.2) is 4.98 Å². The summed E-state index contributed by atoms with van der Waals surface area (Å²) in [5, 5.41) is 3.72. The monoisotopic (exact) mass is 368 g/mol. The Morgan fingerprint density at radius 1 is 0.964 bits per heavy atom. The van der Waals surface area contributed by atoms with Crippen molar-refractivity contribution in [2.75, 3.05) is 5.32 Å². The summed E-state index contributed by atoms with van der Waals surface area (Å²) in [7, 11) is 0. The van der Waals surface area contributed by atoms with Crippen LogP contribution in [0.25, 0.3) is 22.3 Å². The number of hydrogen-bond acceptors (Lipinski definition) is 5. The van der Waals surface area contributed by atoms with Gasteiger partial charge in [0.15, 0.2) is 5.82 Å². The zero-order chi connectivity index (χ0) is 18.9. The van der Waals surface area contributed by atoms with Crippen molar-refractivity contribution in [1.82, 2.24) is 15.0 Å². The van der Waals surface area contributed by atoms with E-state index in [0.29, 0.717) is 30.3 Å². The summed E-state index contributed by atoms with van der Waals surface area (Å²) in [6.07, 6.45) is 4.63. The van der Waals surface area contributed by atoms with Gasteiger partial charge in [-0.2, -0.15) is 4.98 Å². The molecule has 4 aromatic rings. The Labute approximate surface area is 161 Å². The molecule has 6 heteroatoms. The molecule has 6 nitrogen and oxygen atoms in total. The van der Waals surface area contributed by atoms with E-state index in [1.54, 1.807) is 12.4 Å². The molecule has 5 rings (SSSR count). The molecule has 0 saturated heterocycles. The molecule has 136 valence electrons. The first kappa shape index (κ1) is 16.4. The number of carbonyl (C=O) groups is 1. The number of anilines is 1. The average Bonchev–Trinajstić information content (AvgIpc) is 2.74. The summed E-state index contributed by atoms with van der Waals surface area (Å²) in [4.78, 5) is 25.0. The molecule has 0 saturated carbocycles. The molecular weight excluding hydrogens is 352 g/mol. The number of pyridine rings is 1. The third-order valence-electron chi connectivity index (χ3n) is 4.67. The van der Waals surface area contributed by atoms with E-state index in [4.69, 9.17) is 4.74 Å². The van der Waals surface area contributed by atoms with E-state index < -0.39 is 0 Å². The Bertz CT molecular complexity index is 1190. The van der Waals surface area contributed by atoms with E-state index >= 15 is 0 Å². The first-order valence-corrected chi connectivity index (χ1v) is 9.04. The molecular formula is C22H16N4O2. The van der Waals surface area contributed by atoms with Crippen molar-refractivity contribution in [2.45, 2.75) is 12.8 Å². The summed E-state index contributed by atoms with van der Waals surface area (Å²) in [5.74, 6) is 1.77. The molecule has 1 aliphatic rings. The zero-order valence-corrected chi connectivity index (χ0v) is 14.9. The fourth-order valence-corrected chi connectivity index (χ4v) is 3.28. The summed E-state index contributed by atoms with van der Waals surface area (Å²) >= 11 is 0. The number of nitrogens with zero attached hydrogens (tertiary/aromatic N) is 3. The molecule has 0 radical (unpaired) electrons. The lowest BCUT2D eigenvalue weighted by atomic mass is 10.0. The van der Waals surface area contributed by atoms with Crippen LogP contribution in [0, 0.1) is 0 Å². The average molecular weight is 368 g/mol. The first-order chi connectivity index (χ1) is 13.8. The highest BCUT2D eigenvalue weighted by Gasteiger charge is 2.16. The highest BCUT2D eigenvalue weighted by Crippen LogP contribution is 2.33. The predicted octanol–water partition coefficient (Wildman–Crippen LogP) is 4.37. The minimum Gasteiger partial charge on any atom is -0.438 e. The van der Waals surface area contributed by atoms with Gasteiger partial charge in [0.05, 0.1) is 10.9 Å². The fourth-order valence-electron chi connectivity index (χ4n) is 3.28. The predicted molar refractivity (Wildman–Crippen MR) is 106 cm³/mol. The van der Waals surface area contributed by atoms with Gasteiger partial charge in [-0.05, 0) is 54.4 Å². The summed E-state index contributed by atoms with van der Waals surface area (Å²) in [5.41, 5.74) is 3.53. The minimum atomic E-state index is 0.0454. The van der Waals surface area contributed by atoms with E-state index in [1.807, 2.05) is 54.6 Å². The number of para-hydroxylation sites is 1. The van der Waals surface area contributed by atoms with Crippen molar-refractivity contribution >= 4 is 22.5 Å². The first-order valence-electron chi connectivity index (χ1n) is 9.04. The van der Waals surface area contributed by atoms with E-state index in [-0.39, 0.29) is 5.91 Å². The number of hydrogen-bond donors (Lipinski definition) is 1. The van der Waals surface area contributed by atoms with E-state index in [9.17, 15) is 4.79 Å². The van der Waals surface area contributed by atoms with Crippen LogP contribution in [0.4, 0.5) is 5.69 Å². The van der Waals surface area contributed by atoms with Crippen LogP contribution < -0.4 is 10.1 Å².